The Hall–Kier alpha value is -1.14. The number of nitrogen functional groups attached to an aromatic ring is 1. The van der Waals surface area contributed by atoms with Gasteiger partial charge in [-0.3, -0.25) is 0 Å². The minimum absolute atomic E-state index is 0.0102. The lowest BCUT2D eigenvalue weighted by Gasteiger charge is -2.30. The van der Waals surface area contributed by atoms with Gasteiger partial charge < -0.3 is 5.73 Å². The molecule has 1 aliphatic rings. The van der Waals surface area contributed by atoms with Crippen LogP contribution in [0.1, 0.15) is 32.6 Å². The fourth-order valence-electron chi connectivity index (χ4n) is 2.59. The minimum atomic E-state index is -3.53. The van der Waals surface area contributed by atoms with Gasteiger partial charge in [0, 0.05) is 19.3 Å². The number of aromatic nitrogens is 1. The summed E-state index contributed by atoms with van der Waals surface area (Å²) < 4.78 is 26.4. The summed E-state index contributed by atoms with van der Waals surface area (Å²) in [5, 5.41) is -0.0102. The molecule has 1 saturated heterocycles. The summed E-state index contributed by atoms with van der Waals surface area (Å²) in [6.45, 7) is 3.31. The summed E-state index contributed by atoms with van der Waals surface area (Å²) in [4.78, 5) is 3.93. The van der Waals surface area contributed by atoms with Crippen LogP contribution >= 0.6 is 0 Å². The molecule has 1 fully saturated rings. The molecule has 2 heterocycles. The van der Waals surface area contributed by atoms with Gasteiger partial charge >= 0.3 is 0 Å². The first kappa shape index (κ1) is 14.3. The standard InChI is InChI=1S/C13H21N3O2S/c1-2-4-11-6-9-16(10-7-11)19(17,18)13-12(14)5-3-8-15-13/h3,5,8,11H,2,4,6-7,9-10,14H2,1H3. The number of nitrogens with zero attached hydrogens (tertiary/aromatic N) is 2. The molecule has 0 unspecified atom stereocenters. The van der Waals surface area contributed by atoms with E-state index < -0.39 is 10.0 Å². The Morgan fingerprint density at radius 2 is 2.11 bits per heavy atom. The maximum atomic E-state index is 12.5. The first-order valence-corrected chi connectivity index (χ1v) is 8.20. The van der Waals surface area contributed by atoms with Crippen LogP contribution < -0.4 is 5.73 Å². The van der Waals surface area contributed by atoms with Crippen molar-refractivity contribution in [2.24, 2.45) is 5.92 Å². The van der Waals surface area contributed by atoms with Crippen LogP contribution in [-0.2, 0) is 10.0 Å². The fraction of sp³-hybridized carbons (Fsp3) is 0.615. The molecule has 0 radical (unpaired) electrons. The van der Waals surface area contributed by atoms with E-state index in [1.54, 1.807) is 12.1 Å². The summed E-state index contributed by atoms with van der Waals surface area (Å²) in [5.41, 5.74) is 5.94. The van der Waals surface area contributed by atoms with Crippen LogP contribution in [0, 0.1) is 5.92 Å². The zero-order chi connectivity index (χ0) is 13.9. The number of hydrogen-bond acceptors (Lipinski definition) is 4. The van der Waals surface area contributed by atoms with E-state index in [1.165, 1.54) is 16.9 Å². The minimum Gasteiger partial charge on any atom is -0.396 e. The Morgan fingerprint density at radius 1 is 1.42 bits per heavy atom. The van der Waals surface area contributed by atoms with Gasteiger partial charge in [0.05, 0.1) is 5.69 Å². The van der Waals surface area contributed by atoms with Gasteiger partial charge in [-0.1, -0.05) is 19.8 Å². The highest BCUT2D eigenvalue weighted by Gasteiger charge is 2.31. The molecule has 0 atom stereocenters. The molecular weight excluding hydrogens is 262 g/mol. The lowest BCUT2D eigenvalue weighted by molar-refractivity contribution is 0.262. The van der Waals surface area contributed by atoms with Crippen LogP contribution in [0.2, 0.25) is 0 Å². The van der Waals surface area contributed by atoms with E-state index in [1.807, 2.05) is 0 Å². The van der Waals surface area contributed by atoms with Gasteiger partial charge in [0.15, 0.2) is 5.03 Å². The second kappa shape index (κ2) is 5.88. The van der Waals surface area contributed by atoms with Crippen molar-refractivity contribution in [1.82, 2.24) is 9.29 Å². The number of hydrogen-bond donors (Lipinski definition) is 1. The summed E-state index contributed by atoms with van der Waals surface area (Å²) in [6, 6.07) is 3.21. The molecule has 0 amide bonds. The van der Waals surface area contributed by atoms with Gasteiger partial charge in [-0.15, -0.1) is 0 Å². The number of piperidine rings is 1. The molecule has 6 heteroatoms. The van der Waals surface area contributed by atoms with Gasteiger partial charge in [-0.2, -0.15) is 4.31 Å². The SMILES string of the molecule is CCCC1CCN(S(=O)(=O)c2ncccc2N)CC1. The molecule has 106 valence electrons. The van der Waals surface area contributed by atoms with E-state index >= 15 is 0 Å². The molecule has 5 nitrogen and oxygen atoms in total. The topological polar surface area (TPSA) is 76.3 Å². The van der Waals surface area contributed by atoms with Crippen molar-refractivity contribution in [3.8, 4) is 0 Å². The summed E-state index contributed by atoms with van der Waals surface area (Å²) in [7, 11) is -3.53. The molecule has 1 aromatic heterocycles. The van der Waals surface area contributed by atoms with Crippen molar-refractivity contribution in [1.29, 1.82) is 0 Å². The van der Waals surface area contributed by atoms with Gasteiger partial charge in [0.2, 0.25) is 0 Å². The molecule has 0 aromatic carbocycles. The zero-order valence-corrected chi connectivity index (χ0v) is 12.1. The predicted molar refractivity (Wildman–Crippen MR) is 75.0 cm³/mol. The monoisotopic (exact) mass is 283 g/mol. The molecule has 2 rings (SSSR count). The Balaban J connectivity index is 2.12. The normalized spacial score (nSPS) is 18.6. The maximum absolute atomic E-state index is 12.5. The van der Waals surface area contributed by atoms with Gasteiger partial charge in [-0.05, 0) is 30.9 Å². The largest absolute Gasteiger partial charge is 0.396 e. The first-order chi connectivity index (χ1) is 9.05. The van der Waals surface area contributed by atoms with E-state index in [0.717, 1.165) is 19.3 Å². The highest BCUT2D eigenvalue weighted by Crippen LogP contribution is 2.27. The molecule has 0 bridgehead atoms. The van der Waals surface area contributed by atoms with E-state index in [-0.39, 0.29) is 10.7 Å². The van der Waals surface area contributed by atoms with E-state index in [4.69, 9.17) is 5.73 Å². The molecule has 0 saturated carbocycles. The molecule has 19 heavy (non-hydrogen) atoms. The molecule has 0 spiro atoms. The Bertz CT molecular complexity index is 522. The third-order valence-electron chi connectivity index (χ3n) is 3.66. The summed E-state index contributed by atoms with van der Waals surface area (Å²) in [5.74, 6) is 0.650. The predicted octanol–water partition coefficient (Wildman–Crippen LogP) is 1.86. The highest BCUT2D eigenvalue weighted by molar-refractivity contribution is 7.89. The highest BCUT2D eigenvalue weighted by atomic mass is 32.2. The molecule has 1 aliphatic heterocycles. The lowest BCUT2D eigenvalue weighted by Crippen LogP contribution is -2.39. The van der Waals surface area contributed by atoms with Gasteiger partial charge in [-0.25, -0.2) is 13.4 Å². The quantitative estimate of drug-likeness (QED) is 0.915. The first-order valence-electron chi connectivity index (χ1n) is 6.76. The van der Waals surface area contributed by atoms with Crippen molar-refractivity contribution < 1.29 is 8.42 Å². The number of sulfonamides is 1. The number of anilines is 1. The van der Waals surface area contributed by atoms with Crippen molar-refractivity contribution in [2.75, 3.05) is 18.8 Å². The second-order valence-corrected chi connectivity index (χ2v) is 6.89. The molecule has 1 aromatic rings. The van der Waals surface area contributed by atoms with Gasteiger partial charge in [0.1, 0.15) is 0 Å². The zero-order valence-electron chi connectivity index (χ0n) is 11.2. The van der Waals surface area contributed by atoms with E-state index in [2.05, 4.69) is 11.9 Å². The van der Waals surface area contributed by atoms with Crippen LogP contribution in [0.15, 0.2) is 23.4 Å². The van der Waals surface area contributed by atoms with Crippen molar-refractivity contribution in [3.05, 3.63) is 18.3 Å². The lowest BCUT2D eigenvalue weighted by atomic mass is 9.94. The van der Waals surface area contributed by atoms with E-state index in [9.17, 15) is 8.42 Å². The van der Waals surface area contributed by atoms with Crippen LogP contribution in [0.3, 0.4) is 0 Å². The Morgan fingerprint density at radius 3 is 2.68 bits per heavy atom. The average molecular weight is 283 g/mol. The van der Waals surface area contributed by atoms with Crippen LogP contribution in [-0.4, -0.2) is 30.8 Å². The number of nitrogens with two attached hydrogens (primary N) is 1. The summed E-state index contributed by atoms with van der Waals surface area (Å²) >= 11 is 0. The Labute approximate surface area is 114 Å². The average Bonchev–Trinajstić information content (AvgIpc) is 2.40. The molecule has 0 aliphatic carbocycles. The van der Waals surface area contributed by atoms with Crippen molar-refractivity contribution in [2.45, 2.75) is 37.6 Å². The second-order valence-electron chi connectivity index (χ2n) is 5.03. The van der Waals surface area contributed by atoms with Crippen LogP contribution in [0.4, 0.5) is 5.69 Å². The van der Waals surface area contributed by atoms with Crippen LogP contribution in [0.5, 0.6) is 0 Å². The van der Waals surface area contributed by atoms with E-state index in [0.29, 0.717) is 19.0 Å². The maximum Gasteiger partial charge on any atom is 0.262 e. The van der Waals surface area contributed by atoms with Gasteiger partial charge in [0.25, 0.3) is 10.0 Å². The van der Waals surface area contributed by atoms with Crippen molar-refractivity contribution >= 4 is 15.7 Å². The number of rotatable bonds is 4. The van der Waals surface area contributed by atoms with Crippen molar-refractivity contribution in [3.63, 3.8) is 0 Å². The smallest absolute Gasteiger partial charge is 0.262 e. The third-order valence-corrected chi connectivity index (χ3v) is 5.53. The Kier molecular flexibility index (Phi) is 4.42. The molecular formula is C13H21N3O2S. The summed E-state index contributed by atoms with van der Waals surface area (Å²) in [6.07, 6.45) is 5.66. The molecule has 2 N–H and O–H groups in total. The third kappa shape index (κ3) is 3.06. The van der Waals surface area contributed by atoms with Crippen LogP contribution in [0.25, 0.3) is 0 Å². The number of pyridine rings is 1. The fourth-order valence-corrected chi connectivity index (χ4v) is 4.08.